The molecule has 0 spiro atoms. The van der Waals surface area contributed by atoms with E-state index in [1.807, 2.05) is 36.4 Å². The molecule has 0 N–H and O–H groups in total. The number of Topliss-reactive ketones (excluding diaryl/α,β-unsaturated/α-hetero) is 1. The lowest BCUT2D eigenvalue weighted by Gasteiger charge is -2.27. The Hall–Kier alpha value is -4.70. The molecule has 6 rings (SSSR count). The molecule has 1 aliphatic rings. The number of carbonyl (C=O) groups excluding carboxylic acids is 1. The van der Waals surface area contributed by atoms with E-state index in [2.05, 4.69) is 40.6 Å². The summed E-state index contributed by atoms with van der Waals surface area (Å²) in [7, 11) is 0. The summed E-state index contributed by atoms with van der Waals surface area (Å²) in [6.07, 6.45) is 3.35. The van der Waals surface area contributed by atoms with Gasteiger partial charge in [0.05, 0.1) is 36.5 Å². The van der Waals surface area contributed by atoms with E-state index in [-0.39, 0.29) is 29.8 Å². The zero-order valence-electron chi connectivity index (χ0n) is 24.5. The maximum atomic E-state index is 15.2. The van der Waals surface area contributed by atoms with Crippen LogP contribution in [0, 0.1) is 5.82 Å². The van der Waals surface area contributed by atoms with Crippen molar-refractivity contribution < 1.29 is 18.7 Å². The summed E-state index contributed by atoms with van der Waals surface area (Å²) in [6, 6.07) is 17.9. The van der Waals surface area contributed by atoms with Crippen LogP contribution in [0.25, 0.3) is 16.9 Å². The average molecular weight is 581 g/mol. The Labute approximate surface area is 249 Å². The van der Waals surface area contributed by atoms with Gasteiger partial charge < -0.3 is 14.4 Å². The van der Waals surface area contributed by atoms with Gasteiger partial charge >= 0.3 is 0 Å². The SMILES string of the molecule is CC(C)(C)c1cc(CC(=O)Cc2ccc(Oc3ccnc4nc(N5CCOCC5)cnc34)cc2F)n(-c2ccccc2)n1. The largest absolute Gasteiger partial charge is 0.455 e. The number of para-hydroxylation sites is 1. The number of hydrogen-bond donors (Lipinski definition) is 0. The number of ketones is 1. The van der Waals surface area contributed by atoms with Crippen LogP contribution in [0.2, 0.25) is 0 Å². The first-order chi connectivity index (χ1) is 20.7. The average Bonchev–Trinajstić information content (AvgIpc) is 3.44. The molecule has 0 atom stereocenters. The molecule has 0 radical (unpaired) electrons. The predicted molar refractivity (Wildman–Crippen MR) is 162 cm³/mol. The van der Waals surface area contributed by atoms with Crippen molar-refractivity contribution in [3.63, 3.8) is 0 Å². The molecule has 43 heavy (non-hydrogen) atoms. The first-order valence-corrected chi connectivity index (χ1v) is 14.3. The quantitative estimate of drug-likeness (QED) is 0.233. The molecule has 9 nitrogen and oxygen atoms in total. The van der Waals surface area contributed by atoms with Crippen molar-refractivity contribution in [2.75, 3.05) is 31.2 Å². The van der Waals surface area contributed by atoms with E-state index in [1.54, 1.807) is 35.3 Å². The molecule has 4 heterocycles. The van der Waals surface area contributed by atoms with E-state index in [1.165, 1.54) is 6.07 Å². The molecule has 220 valence electrons. The molecule has 0 saturated carbocycles. The first-order valence-electron chi connectivity index (χ1n) is 14.3. The van der Waals surface area contributed by atoms with Gasteiger partial charge in [-0.05, 0) is 29.8 Å². The number of morpholine rings is 1. The van der Waals surface area contributed by atoms with Gasteiger partial charge in [0.15, 0.2) is 16.9 Å². The van der Waals surface area contributed by atoms with Crippen molar-refractivity contribution in [1.29, 1.82) is 0 Å². The highest BCUT2D eigenvalue weighted by Gasteiger charge is 2.22. The molecule has 0 amide bonds. The van der Waals surface area contributed by atoms with Crippen molar-refractivity contribution in [1.82, 2.24) is 24.7 Å². The molecule has 0 aliphatic carbocycles. The highest BCUT2D eigenvalue weighted by molar-refractivity contribution is 5.83. The van der Waals surface area contributed by atoms with Crippen LogP contribution in [0.5, 0.6) is 11.5 Å². The fourth-order valence-corrected chi connectivity index (χ4v) is 4.96. The summed E-state index contributed by atoms with van der Waals surface area (Å²) in [4.78, 5) is 28.8. The Morgan fingerprint density at radius 1 is 1.00 bits per heavy atom. The summed E-state index contributed by atoms with van der Waals surface area (Å²) in [6.45, 7) is 9.00. The van der Waals surface area contributed by atoms with E-state index in [4.69, 9.17) is 14.6 Å². The van der Waals surface area contributed by atoms with Gasteiger partial charge in [-0.1, -0.05) is 45.0 Å². The van der Waals surface area contributed by atoms with E-state index < -0.39 is 5.82 Å². The second kappa shape index (κ2) is 11.9. The maximum absolute atomic E-state index is 15.2. The number of ether oxygens (including phenoxy) is 2. The summed E-state index contributed by atoms with van der Waals surface area (Å²) >= 11 is 0. The molecule has 1 aliphatic heterocycles. The molecule has 0 unspecified atom stereocenters. The lowest BCUT2D eigenvalue weighted by molar-refractivity contribution is -0.117. The first kappa shape index (κ1) is 28.4. The molecular formula is C33H33FN6O3. The van der Waals surface area contributed by atoms with Gasteiger partial charge in [-0.2, -0.15) is 5.10 Å². The van der Waals surface area contributed by atoms with Gasteiger partial charge in [-0.15, -0.1) is 0 Å². The molecule has 1 fully saturated rings. The number of hydrogen-bond acceptors (Lipinski definition) is 8. The molecule has 5 aromatic rings. The minimum Gasteiger partial charge on any atom is -0.455 e. The van der Waals surface area contributed by atoms with Crippen molar-refractivity contribution in [2.45, 2.75) is 39.0 Å². The number of nitrogens with zero attached hydrogens (tertiary/aromatic N) is 6. The van der Waals surface area contributed by atoms with Gasteiger partial charge in [0.25, 0.3) is 0 Å². The molecule has 1 saturated heterocycles. The van der Waals surface area contributed by atoms with Crippen molar-refractivity contribution in [3.05, 3.63) is 95.8 Å². The summed E-state index contributed by atoms with van der Waals surface area (Å²) in [5.41, 5.74) is 3.56. The number of rotatable bonds is 8. The van der Waals surface area contributed by atoms with E-state index in [0.29, 0.717) is 35.7 Å². The van der Waals surface area contributed by atoms with Crippen LogP contribution in [-0.4, -0.2) is 56.8 Å². The minimum atomic E-state index is -0.517. The Kier molecular flexibility index (Phi) is 7.86. The van der Waals surface area contributed by atoms with Crippen LogP contribution in [0.4, 0.5) is 10.2 Å². The van der Waals surface area contributed by atoms with Crippen LogP contribution in [-0.2, 0) is 27.8 Å². The third-order valence-electron chi connectivity index (χ3n) is 7.30. The third-order valence-corrected chi connectivity index (χ3v) is 7.30. The predicted octanol–water partition coefficient (Wildman–Crippen LogP) is 5.63. The van der Waals surface area contributed by atoms with Crippen molar-refractivity contribution in [3.8, 4) is 17.2 Å². The summed E-state index contributed by atoms with van der Waals surface area (Å²) in [5, 5.41) is 4.78. The van der Waals surface area contributed by atoms with E-state index in [9.17, 15) is 4.79 Å². The van der Waals surface area contributed by atoms with Crippen LogP contribution in [0.1, 0.15) is 37.7 Å². The monoisotopic (exact) mass is 580 g/mol. The molecule has 0 bridgehead atoms. The van der Waals surface area contributed by atoms with Crippen molar-refractivity contribution in [2.24, 2.45) is 0 Å². The number of fused-ring (bicyclic) bond motifs is 1. The number of anilines is 1. The standard InChI is InChI=1S/C33H33FN6O3/c1-33(2,3)29-19-24(40(38-29)23-7-5-4-6-8-23)18-25(41)17-22-9-10-26(20-27(22)34)43-28-11-12-35-32-31(28)36-21-30(37-32)39-13-15-42-16-14-39/h4-12,19-21H,13-18H2,1-3H3. The fourth-order valence-electron chi connectivity index (χ4n) is 4.96. The Bertz CT molecular complexity index is 1760. The smallest absolute Gasteiger partial charge is 0.184 e. The van der Waals surface area contributed by atoms with Gasteiger partial charge in [0.1, 0.15) is 23.2 Å². The van der Waals surface area contributed by atoms with Crippen LogP contribution < -0.4 is 9.64 Å². The van der Waals surface area contributed by atoms with Gasteiger partial charge in [0, 0.05) is 49.7 Å². The number of benzene rings is 2. The molecule has 3 aromatic heterocycles. The Morgan fingerprint density at radius 2 is 1.79 bits per heavy atom. The van der Waals surface area contributed by atoms with E-state index in [0.717, 1.165) is 36.0 Å². The highest BCUT2D eigenvalue weighted by Crippen LogP contribution is 2.29. The maximum Gasteiger partial charge on any atom is 0.184 e. The van der Waals surface area contributed by atoms with Crippen LogP contribution in [0.15, 0.2) is 73.1 Å². The fraction of sp³-hybridized carbons (Fsp3) is 0.303. The van der Waals surface area contributed by atoms with Gasteiger partial charge in [-0.25, -0.2) is 24.0 Å². The second-order valence-electron chi connectivity index (χ2n) is 11.6. The molecular weight excluding hydrogens is 547 g/mol. The summed E-state index contributed by atoms with van der Waals surface area (Å²) < 4.78 is 28.4. The molecule has 2 aromatic carbocycles. The number of carbonyl (C=O) groups is 1. The second-order valence-corrected chi connectivity index (χ2v) is 11.6. The Morgan fingerprint density at radius 3 is 2.53 bits per heavy atom. The Balaban J connectivity index is 1.17. The lowest BCUT2D eigenvalue weighted by atomic mass is 9.92. The summed E-state index contributed by atoms with van der Waals surface area (Å²) in [5.74, 6) is 0.797. The zero-order valence-corrected chi connectivity index (χ0v) is 24.5. The number of pyridine rings is 1. The third kappa shape index (κ3) is 6.39. The van der Waals surface area contributed by atoms with Gasteiger partial charge in [0.2, 0.25) is 0 Å². The normalized spacial score (nSPS) is 13.8. The highest BCUT2D eigenvalue weighted by atomic mass is 19.1. The number of aromatic nitrogens is 5. The lowest BCUT2D eigenvalue weighted by Crippen LogP contribution is -2.36. The van der Waals surface area contributed by atoms with E-state index >= 15 is 4.39 Å². The topological polar surface area (TPSA) is 95.3 Å². The zero-order chi connectivity index (χ0) is 30.0. The minimum absolute atomic E-state index is 0.0507. The molecule has 10 heteroatoms. The van der Waals surface area contributed by atoms with Crippen LogP contribution >= 0.6 is 0 Å². The van der Waals surface area contributed by atoms with Crippen molar-refractivity contribution >= 4 is 22.8 Å². The van der Waals surface area contributed by atoms with Crippen LogP contribution in [0.3, 0.4) is 0 Å². The number of halogens is 1. The van der Waals surface area contributed by atoms with Gasteiger partial charge in [-0.3, -0.25) is 4.79 Å².